The molecule has 0 spiro atoms. The first kappa shape index (κ1) is 14.3. The van der Waals surface area contributed by atoms with E-state index in [0.717, 1.165) is 0 Å². The second kappa shape index (κ2) is 6.36. The van der Waals surface area contributed by atoms with Crippen molar-refractivity contribution >= 4 is 17.5 Å². The molecule has 1 aliphatic heterocycles. The molecule has 0 aromatic carbocycles. The molecular formula is C14H20N4O2. The molecule has 0 saturated carbocycles. The van der Waals surface area contributed by atoms with Gasteiger partial charge in [0.25, 0.3) is 5.91 Å². The van der Waals surface area contributed by atoms with Gasteiger partial charge in [0.05, 0.1) is 11.9 Å². The third kappa shape index (κ3) is 3.26. The standard InChI is InChI=1S/C14H20N4O2/c1-2-16-13(19)10-5-7-18(8-6-10)14(20)12-4-3-11(15)9-17-12/h3-4,9-10H,2,5-8,15H2,1H3,(H,16,19). The maximum absolute atomic E-state index is 12.2. The summed E-state index contributed by atoms with van der Waals surface area (Å²) >= 11 is 0. The number of amides is 2. The summed E-state index contributed by atoms with van der Waals surface area (Å²) in [4.78, 5) is 29.8. The molecule has 3 N–H and O–H groups in total. The number of carbonyl (C=O) groups excluding carboxylic acids is 2. The number of nitrogens with two attached hydrogens (primary N) is 1. The van der Waals surface area contributed by atoms with Gasteiger partial charge in [-0.25, -0.2) is 4.98 Å². The number of aromatic nitrogens is 1. The Labute approximate surface area is 118 Å². The van der Waals surface area contributed by atoms with Gasteiger partial charge in [0.1, 0.15) is 5.69 Å². The molecule has 1 aromatic rings. The van der Waals surface area contributed by atoms with Crippen molar-refractivity contribution in [3.63, 3.8) is 0 Å². The number of hydrogen-bond acceptors (Lipinski definition) is 4. The van der Waals surface area contributed by atoms with Crippen LogP contribution in [-0.2, 0) is 4.79 Å². The number of hydrogen-bond donors (Lipinski definition) is 2. The average Bonchev–Trinajstić information content (AvgIpc) is 2.48. The van der Waals surface area contributed by atoms with E-state index in [1.54, 1.807) is 17.0 Å². The van der Waals surface area contributed by atoms with Crippen LogP contribution in [0.4, 0.5) is 5.69 Å². The number of nitrogen functional groups attached to an aromatic ring is 1. The van der Waals surface area contributed by atoms with Crippen molar-refractivity contribution in [3.05, 3.63) is 24.0 Å². The van der Waals surface area contributed by atoms with E-state index in [1.165, 1.54) is 6.20 Å². The van der Waals surface area contributed by atoms with Crippen LogP contribution in [0.5, 0.6) is 0 Å². The molecular weight excluding hydrogens is 256 g/mol. The van der Waals surface area contributed by atoms with Gasteiger partial charge >= 0.3 is 0 Å². The Hall–Kier alpha value is -2.11. The highest BCUT2D eigenvalue weighted by molar-refractivity contribution is 5.92. The number of anilines is 1. The van der Waals surface area contributed by atoms with Crippen LogP contribution in [-0.4, -0.2) is 41.3 Å². The minimum Gasteiger partial charge on any atom is -0.397 e. The largest absolute Gasteiger partial charge is 0.397 e. The van der Waals surface area contributed by atoms with Crippen molar-refractivity contribution in [1.29, 1.82) is 0 Å². The highest BCUT2D eigenvalue weighted by Crippen LogP contribution is 2.19. The van der Waals surface area contributed by atoms with Crippen LogP contribution in [0.1, 0.15) is 30.3 Å². The molecule has 1 saturated heterocycles. The fraction of sp³-hybridized carbons (Fsp3) is 0.500. The summed E-state index contributed by atoms with van der Waals surface area (Å²) in [5, 5.41) is 2.83. The van der Waals surface area contributed by atoms with Crippen molar-refractivity contribution in [3.8, 4) is 0 Å². The van der Waals surface area contributed by atoms with Crippen molar-refractivity contribution in [2.75, 3.05) is 25.4 Å². The zero-order valence-corrected chi connectivity index (χ0v) is 11.6. The summed E-state index contributed by atoms with van der Waals surface area (Å²) in [6.07, 6.45) is 2.88. The molecule has 0 bridgehead atoms. The first-order valence-corrected chi connectivity index (χ1v) is 6.90. The monoisotopic (exact) mass is 276 g/mol. The number of nitrogens with one attached hydrogen (secondary N) is 1. The van der Waals surface area contributed by atoms with E-state index in [-0.39, 0.29) is 17.7 Å². The van der Waals surface area contributed by atoms with Crippen LogP contribution in [0, 0.1) is 5.92 Å². The molecule has 6 heteroatoms. The Morgan fingerprint density at radius 3 is 2.65 bits per heavy atom. The summed E-state index contributed by atoms with van der Waals surface area (Å²) in [5.74, 6) is 0.00272. The lowest BCUT2D eigenvalue weighted by Gasteiger charge is -2.31. The number of pyridine rings is 1. The van der Waals surface area contributed by atoms with E-state index in [9.17, 15) is 9.59 Å². The number of nitrogens with zero attached hydrogens (tertiary/aromatic N) is 2. The average molecular weight is 276 g/mol. The fourth-order valence-corrected chi connectivity index (χ4v) is 2.36. The van der Waals surface area contributed by atoms with Crippen LogP contribution < -0.4 is 11.1 Å². The Morgan fingerprint density at radius 1 is 1.40 bits per heavy atom. The van der Waals surface area contributed by atoms with Gasteiger partial charge < -0.3 is 16.0 Å². The van der Waals surface area contributed by atoms with Gasteiger partial charge in [-0.15, -0.1) is 0 Å². The topological polar surface area (TPSA) is 88.3 Å². The van der Waals surface area contributed by atoms with Gasteiger partial charge in [-0.2, -0.15) is 0 Å². The molecule has 2 heterocycles. The Balaban J connectivity index is 1.92. The number of likely N-dealkylation sites (tertiary alicyclic amines) is 1. The van der Waals surface area contributed by atoms with Gasteiger partial charge in [0.15, 0.2) is 0 Å². The second-order valence-corrected chi connectivity index (χ2v) is 4.94. The fourth-order valence-electron chi connectivity index (χ4n) is 2.36. The molecule has 1 fully saturated rings. The van der Waals surface area contributed by atoms with E-state index in [1.807, 2.05) is 6.92 Å². The van der Waals surface area contributed by atoms with Crippen molar-refractivity contribution < 1.29 is 9.59 Å². The summed E-state index contributed by atoms with van der Waals surface area (Å²) in [6.45, 7) is 3.73. The quantitative estimate of drug-likeness (QED) is 0.848. The molecule has 20 heavy (non-hydrogen) atoms. The molecule has 0 atom stereocenters. The van der Waals surface area contributed by atoms with E-state index < -0.39 is 0 Å². The summed E-state index contributed by atoms with van der Waals surface area (Å²) in [7, 11) is 0. The predicted molar refractivity (Wildman–Crippen MR) is 76.0 cm³/mol. The SMILES string of the molecule is CCNC(=O)C1CCN(C(=O)c2ccc(N)cn2)CC1. The zero-order chi connectivity index (χ0) is 14.5. The zero-order valence-electron chi connectivity index (χ0n) is 11.6. The van der Waals surface area contributed by atoms with E-state index in [4.69, 9.17) is 5.73 Å². The molecule has 2 rings (SSSR count). The van der Waals surface area contributed by atoms with Gasteiger partial charge in [-0.1, -0.05) is 0 Å². The first-order valence-electron chi connectivity index (χ1n) is 6.90. The maximum Gasteiger partial charge on any atom is 0.272 e. The smallest absolute Gasteiger partial charge is 0.272 e. The predicted octanol–water partition coefficient (Wildman–Crippen LogP) is 0.652. The van der Waals surface area contributed by atoms with Crippen LogP contribution in [0.2, 0.25) is 0 Å². The molecule has 108 valence electrons. The molecule has 0 radical (unpaired) electrons. The van der Waals surface area contributed by atoms with Gasteiger partial charge in [0.2, 0.25) is 5.91 Å². The van der Waals surface area contributed by atoms with Gasteiger partial charge in [-0.3, -0.25) is 9.59 Å². The molecule has 1 aliphatic rings. The lowest BCUT2D eigenvalue weighted by atomic mass is 9.95. The number of piperidine rings is 1. The highest BCUT2D eigenvalue weighted by atomic mass is 16.2. The number of carbonyl (C=O) groups is 2. The van der Waals surface area contributed by atoms with Gasteiger partial charge in [0, 0.05) is 25.6 Å². The lowest BCUT2D eigenvalue weighted by Crippen LogP contribution is -2.43. The lowest BCUT2D eigenvalue weighted by molar-refractivity contribution is -0.126. The molecule has 1 aromatic heterocycles. The van der Waals surface area contributed by atoms with Crippen molar-refractivity contribution in [1.82, 2.24) is 15.2 Å². The van der Waals surface area contributed by atoms with Crippen LogP contribution in [0.3, 0.4) is 0 Å². The molecule has 0 aliphatic carbocycles. The third-order valence-corrected chi connectivity index (χ3v) is 3.51. The normalized spacial score (nSPS) is 15.9. The summed E-state index contributed by atoms with van der Waals surface area (Å²) in [5.41, 5.74) is 6.49. The number of rotatable bonds is 3. The Bertz CT molecular complexity index is 478. The maximum atomic E-state index is 12.2. The molecule has 2 amide bonds. The van der Waals surface area contributed by atoms with Crippen molar-refractivity contribution in [2.45, 2.75) is 19.8 Å². The third-order valence-electron chi connectivity index (χ3n) is 3.51. The minimum atomic E-state index is -0.0978. The van der Waals surface area contributed by atoms with E-state index >= 15 is 0 Å². The Kier molecular flexibility index (Phi) is 4.55. The Morgan fingerprint density at radius 2 is 2.10 bits per heavy atom. The van der Waals surface area contributed by atoms with Crippen LogP contribution >= 0.6 is 0 Å². The molecule has 6 nitrogen and oxygen atoms in total. The van der Waals surface area contributed by atoms with Crippen molar-refractivity contribution in [2.24, 2.45) is 5.92 Å². The molecule has 0 unspecified atom stereocenters. The van der Waals surface area contributed by atoms with Crippen LogP contribution in [0.25, 0.3) is 0 Å². The summed E-state index contributed by atoms with van der Waals surface area (Å²) < 4.78 is 0. The summed E-state index contributed by atoms with van der Waals surface area (Å²) in [6, 6.07) is 3.30. The van der Waals surface area contributed by atoms with E-state index in [0.29, 0.717) is 43.9 Å². The van der Waals surface area contributed by atoms with Gasteiger partial charge in [-0.05, 0) is 31.9 Å². The van der Waals surface area contributed by atoms with Crippen LogP contribution in [0.15, 0.2) is 18.3 Å². The van der Waals surface area contributed by atoms with E-state index in [2.05, 4.69) is 10.3 Å². The minimum absolute atomic E-state index is 0.0124. The highest BCUT2D eigenvalue weighted by Gasteiger charge is 2.27. The second-order valence-electron chi connectivity index (χ2n) is 4.94. The first-order chi connectivity index (χ1) is 9.61.